The van der Waals surface area contributed by atoms with E-state index in [1.165, 1.54) is 16.9 Å². The molecular formula is C17H18N2O2S. The van der Waals surface area contributed by atoms with E-state index in [-0.39, 0.29) is 11.1 Å². The van der Waals surface area contributed by atoms with Crippen molar-refractivity contribution in [3.05, 3.63) is 46.6 Å². The molecule has 4 nitrogen and oxygen atoms in total. The summed E-state index contributed by atoms with van der Waals surface area (Å²) in [5.74, 6) is -0.948. The summed E-state index contributed by atoms with van der Waals surface area (Å²) in [6.45, 7) is 8.25. The molecular weight excluding hydrogens is 296 g/mol. The van der Waals surface area contributed by atoms with Crippen LogP contribution < -0.4 is 0 Å². The lowest BCUT2D eigenvalue weighted by Gasteiger charge is -2.19. The van der Waals surface area contributed by atoms with Gasteiger partial charge >= 0.3 is 5.97 Å². The minimum atomic E-state index is -0.948. The maximum Gasteiger partial charge on any atom is 0.354 e. The highest BCUT2D eigenvalue weighted by Crippen LogP contribution is 2.30. The monoisotopic (exact) mass is 314 g/mol. The molecule has 2 aromatic heterocycles. The zero-order valence-corrected chi connectivity index (χ0v) is 13.9. The number of imidazole rings is 1. The Hall–Kier alpha value is -2.14. The molecule has 0 unspecified atom stereocenters. The van der Waals surface area contributed by atoms with Crippen LogP contribution in [0.25, 0.3) is 16.2 Å². The Balaban J connectivity index is 2.16. The van der Waals surface area contributed by atoms with E-state index in [4.69, 9.17) is 0 Å². The number of thiazole rings is 1. The van der Waals surface area contributed by atoms with Gasteiger partial charge in [-0.05, 0) is 23.5 Å². The molecule has 114 valence electrons. The van der Waals surface area contributed by atoms with Gasteiger partial charge in [-0.25, -0.2) is 9.78 Å². The van der Waals surface area contributed by atoms with Crippen LogP contribution in [-0.2, 0) is 5.41 Å². The van der Waals surface area contributed by atoms with Crippen LogP contribution in [0.15, 0.2) is 29.6 Å². The van der Waals surface area contributed by atoms with E-state index < -0.39 is 5.97 Å². The molecule has 0 spiro atoms. The molecule has 0 aliphatic heterocycles. The second-order valence-electron chi connectivity index (χ2n) is 6.42. The number of rotatable bonds is 2. The Bertz CT molecular complexity index is 851. The van der Waals surface area contributed by atoms with Crippen molar-refractivity contribution in [2.24, 2.45) is 0 Å². The molecule has 22 heavy (non-hydrogen) atoms. The van der Waals surface area contributed by atoms with Crippen molar-refractivity contribution in [1.29, 1.82) is 0 Å². The van der Waals surface area contributed by atoms with E-state index in [1.807, 2.05) is 17.5 Å². The largest absolute Gasteiger partial charge is 0.477 e. The van der Waals surface area contributed by atoms with Gasteiger partial charge in [-0.2, -0.15) is 0 Å². The first-order valence-electron chi connectivity index (χ1n) is 7.10. The molecule has 5 heteroatoms. The van der Waals surface area contributed by atoms with Crippen molar-refractivity contribution >= 4 is 22.3 Å². The molecule has 3 aromatic rings. The van der Waals surface area contributed by atoms with Crippen molar-refractivity contribution < 1.29 is 9.90 Å². The van der Waals surface area contributed by atoms with Crippen LogP contribution in [0.3, 0.4) is 0 Å². The van der Waals surface area contributed by atoms with Gasteiger partial charge in [0.05, 0.1) is 11.4 Å². The van der Waals surface area contributed by atoms with Gasteiger partial charge in [0.25, 0.3) is 0 Å². The summed E-state index contributed by atoms with van der Waals surface area (Å²) in [5, 5.41) is 11.4. The van der Waals surface area contributed by atoms with Gasteiger partial charge in [0.15, 0.2) is 10.7 Å². The van der Waals surface area contributed by atoms with Crippen LogP contribution in [0.5, 0.6) is 0 Å². The van der Waals surface area contributed by atoms with E-state index >= 15 is 0 Å². The summed E-state index contributed by atoms with van der Waals surface area (Å²) in [5.41, 5.74) is 4.01. The van der Waals surface area contributed by atoms with Gasteiger partial charge in [-0.15, -0.1) is 11.3 Å². The number of carbonyl (C=O) groups is 1. The lowest BCUT2D eigenvalue weighted by Crippen LogP contribution is -2.10. The third-order valence-electron chi connectivity index (χ3n) is 3.79. The summed E-state index contributed by atoms with van der Waals surface area (Å²) in [6.07, 6.45) is 0. The smallest absolute Gasteiger partial charge is 0.354 e. The Morgan fingerprint density at radius 2 is 1.86 bits per heavy atom. The zero-order valence-electron chi connectivity index (χ0n) is 13.0. The zero-order chi connectivity index (χ0) is 16.1. The van der Waals surface area contributed by atoms with Crippen LogP contribution in [0.2, 0.25) is 0 Å². The van der Waals surface area contributed by atoms with Crippen LogP contribution in [0, 0.1) is 6.92 Å². The molecule has 0 fully saturated rings. The second kappa shape index (κ2) is 4.95. The van der Waals surface area contributed by atoms with E-state index in [9.17, 15) is 9.90 Å². The number of benzene rings is 1. The third-order valence-corrected chi connectivity index (χ3v) is 4.61. The van der Waals surface area contributed by atoms with Gasteiger partial charge < -0.3 is 5.11 Å². The quantitative estimate of drug-likeness (QED) is 0.764. The summed E-state index contributed by atoms with van der Waals surface area (Å²) in [7, 11) is 0. The standard InChI is InChI=1S/C17H18N2O2S/c1-10-14(15(20)21)19-13(9-22-16(19)18-10)11-5-7-12(8-6-11)17(2,3)4/h5-9H,1-4H3,(H,20,21). The lowest BCUT2D eigenvalue weighted by molar-refractivity contribution is 0.0688. The SMILES string of the molecule is Cc1nc2scc(-c3ccc(C(C)(C)C)cc3)n2c1C(=O)O. The van der Waals surface area contributed by atoms with Gasteiger partial charge in [-0.1, -0.05) is 45.0 Å². The molecule has 0 saturated heterocycles. The minimum absolute atomic E-state index is 0.0975. The number of hydrogen-bond donors (Lipinski definition) is 1. The number of aromatic nitrogens is 2. The van der Waals surface area contributed by atoms with Crippen molar-refractivity contribution in [1.82, 2.24) is 9.38 Å². The summed E-state index contributed by atoms with van der Waals surface area (Å²) in [6, 6.07) is 8.29. The maximum absolute atomic E-state index is 11.5. The third kappa shape index (κ3) is 2.31. The summed E-state index contributed by atoms with van der Waals surface area (Å²) in [4.78, 5) is 16.6. The fourth-order valence-corrected chi connectivity index (χ4v) is 3.50. The number of nitrogens with zero attached hydrogens (tertiary/aromatic N) is 2. The minimum Gasteiger partial charge on any atom is -0.477 e. The molecule has 0 radical (unpaired) electrons. The molecule has 0 bridgehead atoms. The highest BCUT2D eigenvalue weighted by Gasteiger charge is 2.20. The number of aromatic carboxylic acids is 1. The van der Waals surface area contributed by atoms with Crippen LogP contribution in [-0.4, -0.2) is 20.5 Å². The normalized spacial score (nSPS) is 12.0. The van der Waals surface area contributed by atoms with Crippen molar-refractivity contribution in [2.75, 3.05) is 0 Å². The topological polar surface area (TPSA) is 54.6 Å². The average molecular weight is 314 g/mol. The average Bonchev–Trinajstić information content (AvgIpc) is 2.95. The second-order valence-corrected chi connectivity index (χ2v) is 7.25. The van der Waals surface area contributed by atoms with Crippen molar-refractivity contribution in [3.8, 4) is 11.3 Å². The molecule has 1 aromatic carbocycles. The van der Waals surface area contributed by atoms with E-state index in [0.29, 0.717) is 10.7 Å². The van der Waals surface area contributed by atoms with Gasteiger partial charge in [0.2, 0.25) is 0 Å². The van der Waals surface area contributed by atoms with E-state index in [0.717, 1.165) is 11.3 Å². The number of carboxylic acids is 1. The molecule has 0 aliphatic rings. The summed E-state index contributed by atoms with van der Waals surface area (Å²) >= 11 is 1.46. The van der Waals surface area contributed by atoms with Gasteiger partial charge in [-0.3, -0.25) is 4.40 Å². The molecule has 0 amide bonds. The first-order chi connectivity index (χ1) is 10.3. The van der Waals surface area contributed by atoms with Crippen LogP contribution in [0.4, 0.5) is 0 Å². The fourth-order valence-electron chi connectivity index (χ4n) is 2.56. The van der Waals surface area contributed by atoms with Crippen molar-refractivity contribution in [2.45, 2.75) is 33.1 Å². The van der Waals surface area contributed by atoms with E-state index in [1.54, 1.807) is 11.3 Å². The molecule has 0 atom stereocenters. The molecule has 2 heterocycles. The number of fused-ring (bicyclic) bond motifs is 1. The predicted molar refractivity (Wildman–Crippen MR) is 88.9 cm³/mol. The fraction of sp³-hybridized carbons (Fsp3) is 0.294. The van der Waals surface area contributed by atoms with Crippen LogP contribution in [0.1, 0.15) is 42.5 Å². The maximum atomic E-state index is 11.5. The first-order valence-corrected chi connectivity index (χ1v) is 7.98. The Morgan fingerprint density at radius 3 is 2.41 bits per heavy atom. The van der Waals surface area contributed by atoms with Crippen molar-refractivity contribution in [3.63, 3.8) is 0 Å². The molecule has 0 saturated carbocycles. The molecule has 1 N–H and O–H groups in total. The Labute approximate surface area is 133 Å². The molecule has 0 aliphatic carbocycles. The molecule has 3 rings (SSSR count). The number of hydrogen-bond acceptors (Lipinski definition) is 3. The predicted octanol–water partition coefficient (Wildman–Crippen LogP) is 4.37. The summed E-state index contributed by atoms with van der Waals surface area (Å²) < 4.78 is 1.73. The highest BCUT2D eigenvalue weighted by molar-refractivity contribution is 7.15. The highest BCUT2D eigenvalue weighted by atomic mass is 32.1. The van der Waals surface area contributed by atoms with Gasteiger partial charge in [0, 0.05) is 5.38 Å². The van der Waals surface area contributed by atoms with E-state index in [2.05, 4.69) is 37.9 Å². The Kier molecular flexibility index (Phi) is 3.33. The lowest BCUT2D eigenvalue weighted by atomic mass is 9.86. The van der Waals surface area contributed by atoms with Gasteiger partial charge in [0.1, 0.15) is 0 Å². The number of carboxylic acid groups (broad SMARTS) is 1. The van der Waals surface area contributed by atoms with Crippen LogP contribution >= 0.6 is 11.3 Å². The Morgan fingerprint density at radius 1 is 1.23 bits per heavy atom. The first kappa shape index (κ1) is 14.8. The number of aryl methyl sites for hydroxylation is 1.